The lowest BCUT2D eigenvalue weighted by Crippen LogP contribution is -2.33. The summed E-state index contributed by atoms with van der Waals surface area (Å²) >= 11 is 0. The number of carbonyl (C=O) groups is 3. The number of benzene rings is 1. The average molecular weight is 372 g/mol. The van der Waals surface area contributed by atoms with Crippen LogP contribution in [0.4, 0.5) is 10.1 Å². The zero-order valence-electron chi connectivity index (χ0n) is 14.7. The van der Waals surface area contributed by atoms with Gasteiger partial charge in [0.15, 0.2) is 5.78 Å². The van der Waals surface area contributed by atoms with Gasteiger partial charge in [-0.25, -0.2) is 9.18 Å². The Morgan fingerprint density at radius 1 is 1.19 bits per heavy atom. The number of aromatic carboxylic acids is 1. The molecule has 3 N–H and O–H groups in total. The number of hydrogen-bond acceptors (Lipinski definition) is 4. The summed E-state index contributed by atoms with van der Waals surface area (Å²) in [5.41, 5.74) is -1.20. The minimum absolute atomic E-state index is 0.189. The van der Waals surface area contributed by atoms with Gasteiger partial charge in [0.2, 0.25) is 0 Å². The molecule has 1 aromatic carbocycles. The van der Waals surface area contributed by atoms with E-state index < -0.39 is 23.3 Å². The number of anilines is 1. The second kappa shape index (κ2) is 6.46. The number of nitrogens with one attached hydrogen (secondary N) is 2. The summed E-state index contributed by atoms with van der Waals surface area (Å²) in [5, 5.41) is 11.2. The monoisotopic (exact) mass is 372 g/mol. The number of Topliss-reactive ketones (excluding diaryl/α,β-unsaturated/α-hetero) is 1. The largest absolute Gasteiger partial charge is 0.478 e. The molecule has 7 nitrogen and oxygen atoms in total. The first-order valence-corrected chi connectivity index (χ1v) is 8.21. The maximum absolute atomic E-state index is 13.9. The number of fused-ring (bicyclic) bond motifs is 1. The van der Waals surface area contributed by atoms with E-state index in [9.17, 15) is 23.6 Å². The molecule has 8 heteroatoms. The number of aromatic amines is 1. The zero-order chi connectivity index (χ0) is 19.9. The lowest BCUT2D eigenvalue weighted by atomic mass is 9.75. The second-order valence-electron chi connectivity index (χ2n) is 7.30. The Hall–Kier alpha value is -3.29. The zero-order valence-corrected chi connectivity index (χ0v) is 14.7. The van der Waals surface area contributed by atoms with Gasteiger partial charge in [0.05, 0.1) is 11.3 Å². The molecule has 1 aliphatic rings. The fraction of sp³-hybridized carbons (Fsp3) is 0.263. The van der Waals surface area contributed by atoms with Crippen molar-refractivity contribution in [2.75, 3.05) is 5.32 Å². The molecule has 1 heterocycles. The van der Waals surface area contributed by atoms with Crippen LogP contribution in [-0.2, 0) is 6.42 Å². The van der Waals surface area contributed by atoms with Crippen LogP contribution in [-0.4, -0.2) is 27.8 Å². The number of pyridine rings is 1. The van der Waals surface area contributed by atoms with E-state index in [2.05, 4.69) is 10.3 Å². The van der Waals surface area contributed by atoms with Crippen LogP contribution in [0.5, 0.6) is 0 Å². The quantitative estimate of drug-likeness (QED) is 0.766. The standard InChI is InChI=1S/C19H17FN2O5/c1-19(2)7-14-10(15(23)8-19)6-11(17(25)22-14)16(24)21-13-5-9(18(26)27)3-4-12(13)20/h3-6H,7-8H2,1-2H3,(H,21,24)(H,22,25)(H,26,27). The number of carboxylic acids is 1. The number of halogens is 1. The van der Waals surface area contributed by atoms with Gasteiger partial charge in [0.25, 0.3) is 11.5 Å². The molecular weight excluding hydrogens is 355 g/mol. The number of hydrogen-bond donors (Lipinski definition) is 3. The molecule has 1 aliphatic carbocycles. The van der Waals surface area contributed by atoms with Crippen LogP contribution in [0.3, 0.4) is 0 Å². The number of H-pyrrole nitrogens is 1. The number of carboxylic acid groups (broad SMARTS) is 1. The van der Waals surface area contributed by atoms with E-state index in [0.717, 1.165) is 18.2 Å². The van der Waals surface area contributed by atoms with Gasteiger partial charge in [-0.3, -0.25) is 14.4 Å². The molecule has 0 bridgehead atoms. The van der Waals surface area contributed by atoms with Crippen LogP contribution < -0.4 is 10.9 Å². The van der Waals surface area contributed by atoms with Crippen molar-refractivity contribution in [1.29, 1.82) is 0 Å². The van der Waals surface area contributed by atoms with Crippen LogP contribution in [0.15, 0.2) is 29.1 Å². The third-order valence-corrected chi connectivity index (χ3v) is 4.42. The Morgan fingerprint density at radius 2 is 1.89 bits per heavy atom. The summed E-state index contributed by atoms with van der Waals surface area (Å²) in [4.78, 5) is 50.6. The van der Waals surface area contributed by atoms with E-state index in [-0.39, 0.29) is 40.0 Å². The number of rotatable bonds is 3. The van der Waals surface area contributed by atoms with Crippen LogP contribution in [0.25, 0.3) is 0 Å². The van der Waals surface area contributed by atoms with Crippen molar-refractivity contribution in [3.05, 3.63) is 62.8 Å². The molecule has 0 fully saturated rings. The minimum atomic E-state index is -1.29. The molecule has 0 spiro atoms. The van der Waals surface area contributed by atoms with E-state index >= 15 is 0 Å². The average Bonchev–Trinajstić information content (AvgIpc) is 2.54. The molecule has 0 unspecified atom stereocenters. The van der Waals surface area contributed by atoms with Crippen molar-refractivity contribution in [2.24, 2.45) is 5.41 Å². The fourth-order valence-corrected chi connectivity index (χ4v) is 3.14. The lowest BCUT2D eigenvalue weighted by Gasteiger charge is -2.29. The molecule has 0 aliphatic heterocycles. The summed E-state index contributed by atoms with van der Waals surface area (Å²) in [6, 6.07) is 4.12. The Labute approximate surface area is 153 Å². The molecule has 27 heavy (non-hydrogen) atoms. The molecule has 0 radical (unpaired) electrons. The summed E-state index contributed by atoms with van der Waals surface area (Å²) in [6.07, 6.45) is 0.767. The van der Waals surface area contributed by atoms with E-state index in [1.807, 2.05) is 13.8 Å². The number of amides is 1. The van der Waals surface area contributed by atoms with Gasteiger partial charge >= 0.3 is 5.97 Å². The first kappa shape index (κ1) is 18.5. The minimum Gasteiger partial charge on any atom is -0.478 e. The molecule has 0 atom stereocenters. The van der Waals surface area contributed by atoms with Crippen LogP contribution >= 0.6 is 0 Å². The highest BCUT2D eigenvalue weighted by Gasteiger charge is 2.32. The first-order valence-electron chi connectivity index (χ1n) is 8.21. The predicted molar refractivity (Wildman–Crippen MR) is 94.8 cm³/mol. The molecule has 0 saturated heterocycles. The number of carbonyl (C=O) groups excluding carboxylic acids is 2. The van der Waals surface area contributed by atoms with Crippen molar-refractivity contribution in [1.82, 2.24) is 4.98 Å². The molecular formula is C19H17FN2O5. The maximum atomic E-state index is 13.9. The molecule has 140 valence electrons. The normalized spacial score (nSPS) is 15.1. The first-order chi connectivity index (χ1) is 12.6. The number of aromatic nitrogens is 1. The van der Waals surface area contributed by atoms with Crippen molar-refractivity contribution in [3.63, 3.8) is 0 Å². The summed E-state index contributed by atoms with van der Waals surface area (Å²) in [7, 11) is 0. The van der Waals surface area contributed by atoms with Gasteiger partial charge in [-0.1, -0.05) is 13.8 Å². The highest BCUT2D eigenvalue weighted by Crippen LogP contribution is 2.33. The third kappa shape index (κ3) is 3.64. The highest BCUT2D eigenvalue weighted by molar-refractivity contribution is 6.07. The third-order valence-electron chi connectivity index (χ3n) is 4.42. The van der Waals surface area contributed by atoms with Gasteiger partial charge in [-0.15, -0.1) is 0 Å². The fourth-order valence-electron chi connectivity index (χ4n) is 3.14. The van der Waals surface area contributed by atoms with Gasteiger partial charge in [-0.05, 0) is 36.1 Å². The van der Waals surface area contributed by atoms with Crippen molar-refractivity contribution < 1.29 is 23.9 Å². The van der Waals surface area contributed by atoms with Crippen molar-refractivity contribution in [2.45, 2.75) is 26.7 Å². The van der Waals surface area contributed by atoms with Crippen LogP contribution in [0.1, 0.15) is 57.0 Å². The predicted octanol–water partition coefficient (Wildman–Crippen LogP) is 2.62. The summed E-state index contributed by atoms with van der Waals surface area (Å²) in [5.74, 6) is -3.25. The SMILES string of the molecule is CC1(C)CC(=O)c2cc(C(=O)Nc3cc(C(=O)O)ccc3F)c(=O)[nH]c2C1. The molecule has 1 amide bonds. The Morgan fingerprint density at radius 3 is 2.56 bits per heavy atom. The highest BCUT2D eigenvalue weighted by atomic mass is 19.1. The second-order valence-corrected chi connectivity index (χ2v) is 7.30. The van der Waals surface area contributed by atoms with Gasteiger partial charge in [0, 0.05) is 17.7 Å². The number of ketones is 1. The molecule has 2 aromatic rings. The van der Waals surface area contributed by atoms with Crippen LogP contribution in [0, 0.1) is 11.2 Å². The van der Waals surface area contributed by atoms with Crippen LogP contribution in [0.2, 0.25) is 0 Å². The van der Waals surface area contributed by atoms with Gasteiger partial charge in [0.1, 0.15) is 11.4 Å². The summed E-state index contributed by atoms with van der Waals surface area (Å²) < 4.78 is 13.9. The lowest BCUT2D eigenvalue weighted by molar-refractivity contribution is 0.0696. The molecule has 3 rings (SSSR count). The van der Waals surface area contributed by atoms with E-state index in [4.69, 9.17) is 5.11 Å². The molecule has 1 aromatic heterocycles. The van der Waals surface area contributed by atoms with E-state index in [1.165, 1.54) is 6.07 Å². The van der Waals surface area contributed by atoms with Gasteiger partial charge in [-0.2, -0.15) is 0 Å². The van der Waals surface area contributed by atoms with Gasteiger partial charge < -0.3 is 15.4 Å². The Balaban J connectivity index is 1.96. The molecule has 0 saturated carbocycles. The van der Waals surface area contributed by atoms with Crippen molar-refractivity contribution in [3.8, 4) is 0 Å². The van der Waals surface area contributed by atoms with E-state index in [1.54, 1.807) is 0 Å². The van der Waals surface area contributed by atoms with Crippen molar-refractivity contribution >= 4 is 23.3 Å². The Kier molecular flexibility index (Phi) is 4.43. The maximum Gasteiger partial charge on any atom is 0.335 e. The van der Waals surface area contributed by atoms with E-state index in [0.29, 0.717) is 12.1 Å². The Bertz CT molecular complexity index is 1040. The topological polar surface area (TPSA) is 116 Å². The smallest absolute Gasteiger partial charge is 0.335 e. The summed E-state index contributed by atoms with van der Waals surface area (Å²) in [6.45, 7) is 3.82.